The van der Waals surface area contributed by atoms with E-state index in [2.05, 4.69) is 5.32 Å². The van der Waals surface area contributed by atoms with E-state index in [-0.39, 0.29) is 12.0 Å². The zero-order valence-electron chi connectivity index (χ0n) is 12.6. The minimum atomic E-state index is -0.111. The van der Waals surface area contributed by atoms with Gasteiger partial charge >= 0.3 is 0 Å². The van der Waals surface area contributed by atoms with E-state index in [0.29, 0.717) is 18.7 Å². The Balaban J connectivity index is 1.48. The van der Waals surface area contributed by atoms with Crippen LogP contribution >= 0.6 is 22.9 Å². The van der Waals surface area contributed by atoms with Crippen LogP contribution in [0, 0.1) is 0 Å². The van der Waals surface area contributed by atoms with E-state index in [9.17, 15) is 4.79 Å². The third kappa shape index (κ3) is 4.70. The number of rotatable bonds is 6. The highest BCUT2D eigenvalue weighted by molar-refractivity contribution is 7.16. The first-order valence-corrected chi connectivity index (χ1v) is 8.77. The molecule has 6 heteroatoms. The van der Waals surface area contributed by atoms with Gasteiger partial charge in [-0.2, -0.15) is 0 Å². The lowest BCUT2D eigenvalue weighted by molar-refractivity contribution is 0.0679. The van der Waals surface area contributed by atoms with Gasteiger partial charge in [0.1, 0.15) is 12.4 Å². The number of carbonyl (C=O) groups is 1. The van der Waals surface area contributed by atoms with Crippen molar-refractivity contribution in [3.63, 3.8) is 0 Å². The monoisotopic (exact) mass is 351 g/mol. The van der Waals surface area contributed by atoms with Crippen LogP contribution in [0.2, 0.25) is 4.34 Å². The summed E-state index contributed by atoms with van der Waals surface area (Å²) in [6.45, 7) is 1.86. The van der Waals surface area contributed by atoms with Crippen molar-refractivity contribution in [2.45, 2.75) is 25.5 Å². The van der Waals surface area contributed by atoms with Gasteiger partial charge < -0.3 is 14.8 Å². The molecule has 0 aliphatic carbocycles. The lowest BCUT2D eigenvalue weighted by Gasteiger charge is -2.11. The van der Waals surface area contributed by atoms with Crippen molar-refractivity contribution in [3.05, 3.63) is 51.2 Å². The van der Waals surface area contributed by atoms with Crippen LogP contribution in [0.1, 0.15) is 28.1 Å². The van der Waals surface area contributed by atoms with Crippen molar-refractivity contribution in [2.24, 2.45) is 0 Å². The molecule has 1 amide bonds. The molecule has 1 N–H and O–H groups in total. The highest BCUT2D eigenvalue weighted by Gasteiger charge is 2.16. The van der Waals surface area contributed by atoms with Crippen LogP contribution in [0.4, 0.5) is 0 Å². The maximum absolute atomic E-state index is 12.1. The number of thiophene rings is 1. The third-order valence-corrected chi connectivity index (χ3v) is 4.86. The first-order chi connectivity index (χ1) is 11.2. The minimum absolute atomic E-state index is 0.111. The predicted molar refractivity (Wildman–Crippen MR) is 91.4 cm³/mol. The molecule has 0 bridgehead atoms. The number of nitrogens with one attached hydrogen (secondary N) is 1. The molecule has 2 heterocycles. The number of halogens is 1. The summed E-state index contributed by atoms with van der Waals surface area (Å²) in [6, 6.07) is 10.9. The van der Waals surface area contributed by atoms with Crippen molar-refractivity contribution in [1.29, 1.82) is 0 Å². The summed E-state index contributed by atoms with van der Waals surface area (Å²) >= 11 is 7.33. The Morgan fingerprint density at radius 2 is 2.13 bits per heavy atom. The number of hydrogen-bond donors (Lipinski definition) is 1. The van der Waals surface area contributed by atoms with Gasteiger partial charge in [0.15, 0.2) is 0 Å². The lowest BCUT2D eigenvalue weighted by Crippen LogP contribution is -2.22. The van der Waals surface area contributed by atoms with Crippen LogP contribution in [0.5, 0.6) is 5.75 Å². The molecule has 122 valence electrons. The first kappa shape index (κ1) is 16.3. The maximum atomic E-state index is 12.1. The second kappa shape index (κ2) is 7.81. The van der Waals surface area contributed by atoms with Crippen LogP contribution in [-0.4, -0.2) is 25.2 Å². The molecule has 0 spiro atoms. The fraction of sp³-hybridized carbons (Fsp3) is 0.353. The van der Waals surface area contributed by atoms with Gasteiger partial charge in [0, 0.05) is 17.0 Å². The van der Waals surface area contributed by atoms with Gasteiger partial charge in [-0.1, -0.05) is 11.6 Å². The summed E-state index contributed by atoms with van der Waals surface area (Å²) in [7, 11) is 0. The largest absolute Gasteiger partial charge is 0.491 e. The number of carbonyl (C=O) groups excluding carboxylic acids is 1. The normalized spacial score (nSPS) is 17.2. The van der Waals surface area contributed by atoms with Crippen LogP contribution < -0.4 is 10.1 Å². The van der Waals surface area contributed by atoms with Crippen LogP contribution in [0.25, 0.3) is 0 Å². The van der Waals surface area contributed by atoms with Gasteiger partial charge in [-0.15, -0.1) is 11.3 Å². The van der Waals surface area contributed by atoms with Crippen molar-refractivity contribution in [3.8, 4) is 5.75 Å². The van der Waals surface area contributed by atoms with E-state index in [0.717, 1.165) is 34.4 Å². The van der Waals surface area contributed by atoms with Crippen molar-refractivity contribution in [1.82, 2.24) is 5.32 Å². The second-order valence-electron chi connectivity index (χ2n) is 5.36. The van der Waals surface area contributed by atoms with Gasteiger partial charge in [0.2, 0.25) is 0 Å². The molecule has 2 aromatic rings. The Hall–Kier alpha value is -1.56. The van der Waals surface area contributed by atoms with E-state index in [1.807, 2.05) is 24.3 Å². The summed E-state index contributed by atoms with van der Waals surface area (Å²) in [4.78, 5) is 13.1. The van der Waals surface area contributed by atoms with Gasteiger partial charge in [0.25, 0.3) is 5.91 Å². The fourth-order valence-electron chi connectivity index (χ4n) is 2.38. The molecule has 1 atom stereocenters. The van der Waals surface area contributed by atoms with E-state index < -0.39 is 0 Å². The highest BCUT2D eigenvalue weighted by atomic mass is 35.5. The average Bonchev–Trinajstić information content (AvgIpc) is 3.22. The first-order valence-electron chi connectivity index (χ1n) is 7.57. The number of benzene rings is 1. The molecule has 1 aromatic heterocycles. The molecule has 1 saturated heterocycles. The minimum Gasteiger partial charge on any atom is -0.491 e. The Kier molecular flexibility index (Phi) is 5.54. The Morgan fingerprint density at radius 3 is 2.78 bits per heavy atom. The Morgan fingerprint density at radius 1 is 1.30 bits per heavy atom. The van der Waals surface area contributed by atoms with E-state index in [4.69, 9.17) is 21.1 Å². The Bertz CT molecular complexity index is 650. The molecule has 4 nitrogen and oxygen atoms in total. The molecule has 1 unspecified atom stereocenters. The Labute approximate surface area is 144 Å². The van der Waals surface area contributed by atoms with Gasteiger partial charge in [-0.3, -0.25) is 4.79 Å². The SMILES string of the molecule is O=C(NCc1ccc(Cl)s1)c1ccc(OCC2CCCO2)cc1. The number of amides is 1. The van der Waals surface area contributed by atoms with E-state index in [1.165, 1.54) is 11.3 Å². The molecule has 0 saturated carbocycles. The third-order valence-electron chi connectivity index (χ3n) is 3.63. The molecule has 1 aromatic carbocycles. The second-order valence-corrected chi connectivity index (χ2v) is 7.16. The molecule has 0 radical (unpaired) electrons. The molecule has 1 fully saturated rings. The molecule has 3 rings (SSSR count). The van der Waals surface area contributed by atoms with Crippen LogP contribution in [-0.2, 0) is 11.3 Å². The zero-order valence-corrected chi connectivity index (χ0v) is 14.2. The smallest absolute Gasteiger partial charge is 0.251 e. The zero-order chi connectivity index (χ0) is 16.1. The summed E-state index contributed by atoms with van der Waals surface area (Å²) in [6.07, 6.45) is 2.34. The summed E-state index contributed by atoms with van der Waals surface area (Å²) < 4.78 is 11.9. The predicted octanol–water partition coefficient (Wildman–Crippen LogP) is 3.89. The lowest BCUT2D eigenvalue weighted by atomic mass is 10.2. The highest BCUT2D eigenvalue weighted by Crippen LogP contribution is 2.21. The van der Waals surface area contributed by atoms with Crippen LogP contribution in [0.3, 0.4) is 0 Å². The van der Waals surface area contributed by atoms with E-state index >= 15 is 0 Å². The van der Waals surface area contributed by atoms with Gasteiger partial charge in [-0.05, 0) is 49.2 Å². The molecule has 23 heavy (non-hydrogen) atoms. The van der Waals surface area contributed by atoms with Crippen molar-refractivity contribution < 1.29 is 14.3 Å². The molecule has 1 aliphatic heterocycles. The summed E-state index contributed by atoms with van der Waals surface area (Å²) in [5.41, 5.74) is 0.608. The number of hydrogen-bond acceptors (Lipinski definition) is 4. The van der Waals surface area contributed by atoms with Crippen LogP contribution in [0.15, 0.2) is 36.4 Å². The standard InChI is InChI=1S/C17H18ClNO3S/c18-16-8-7-15(23-16)10-19-17(20)12-3-5-13(6-4-12)22-11-14-2-1-9-21-14/h3-8,14H,1-2,9-11H2,(H,19,20). The molecule has 1 aliphatic rings. The topological polar surface area (TPSA) is 47.6 Å². The quantitative estimate of drug-likeness (QED) is 0.858. The molecular weight excluding hydrogens is 334 g/mol. The molecular formula is C17H18ClNO3S. The van der Waals surface area contributed by atoms with Crippen molar-refractivity contribution in [2.75, 3.05) is 13.2 Å². The van der Waals surface area contributed by atoms with E-state index in [1.54, 1.807) is 12.1 Å². The fourth-order valence-corrected chi connectivity index (χ4v) is 3.41. The maximum Gasteiger partial charge on any atom is 0.251 e. The van der Waals surface area contributed by atoms with Gasteiger partial charge in [0.05, 0.1) is 17.0 Å². The summed E-state index contributed by atoms with van der Waals surface area (Å²) in [5.74, 6) is 0.641. The number of ether oxygens (including phenoxy) is 2. The average molecular weight is 352 g/mol. The summed E-state index contributed by atoms with van der Waals surface area (Å²) in [5, 5.41) is 2.88. The van der Waals surface area contributed by atoms with Crippen molar-refractivity contribution >= 4 is 28.8 Å². The van der Waals surface area contributed by atoms with Gasteiger partial charge in [-0.25, -0.2) is 0 Å².